The third kappa shape index (κ3) is 5.50. The van der Waals surface area contributed by atoms with Crippen molar-refractivity contribution in [2.75, 3.05) is 19.0 Å². The van der Waals surface area contributed by atoms with Gasteiger partial charge in [0.2, 0.25) is 0 Å². The maximum Gasteiger partial charge on any atom is 0.271 e. The summed E-state index contributed by atoms with van der Waals surface area (Å²) in [5.41, 5.74) is 2.50. The molecule has 7 nitrogen and oxygen atoms in total. The maximum atomic E-state index is 12.2. The molecule has 2 N–H and O–H groups in total. The van der Waals surface area contributed by atoms with Crippen LogP contribution in [0.3, 0.4) is 0 Å². The molecule has 0 atom stereocenters. The van der Waals surface area contributed by atoms with Crippen LogP contribution in [-0.4, -0.2) is 34.7 Å². The molecule has 0 spiro atoms. The van der Waals surface area contributed by atoms with Crippen molar-refractivity contribution in [3.05, 3.63) is 77.7 Å². The van der Waals surface area contributed by atoms with Crippen LogP contribution < -0.4 is 15.4 Å². The highest BCUT2D eigenvalue weighted by Crippen LogP contribution is 2.11. The molecule has 27 heavy (non-hydrogen) atoms. The first-order chi connectivity index (χ1) is 13.2. The number of aromatic nitrogens is 3. The van der Waals surface area contributed by atoms with Crippen LogP contribution in [0, 0.1) is 0 Å². The van der Waals surface area contributed by atoms with E-state index >= 15 is 0 Å². The van der Waals surface area contributed by atoms with Gasteiger partial charge in [-0.05, 0) is 53.9 Å². The van der Waals surface area contributed by atoms with Gasteiger partial charge in [-0.3, -0.25) is 9.78 Å². The lowest BCUT2D eigenvalue weighted by Gasteiger charge is -2.07. The van der Waals surface area contributed by atoms with E-state index in [0.717, 1.165) is 23.3 Å². The molecule has 0 bridgehead atoms. The topological polar surface area (TPSA) is 89.0 Å². The lowest BCUT2D eigenvalue weighted by atomic mass is 10.1. The van der Waals surface area contributed by atoms with E-state index in [9.17, 15) is 4.79 Å². The number of pyridine rings is 1. The highest BCUT2D eigenvalue weighted by atomic mass is 16.5. The number of rotatable bonds is 8. The molecule has 1 aromatic carbocycles. The minimum absolute atomic E-state index is 0.239. The van der Waals surface area contributed by atoms with Crippen molar-refractivity contribution in [2.45, 2.75) is 13.0 Å². The van der Waals surface area contributed by atoms with Crippen molar-refractivity contribution >= 4 is 11.7 Å². The summed E-state index contributed by atoms with van der Waals surface area (Å²) in [6, 6.07) is 15.0. The summed E-state index contributed by atoms with van der Waals surface area (Å²) in [6.07, 6.45) is 4.21. The summed E-state index contributed by atoms with van der Waals surface area (Å²) in [6.45, 7) is 1.14. The molecular weight excluding hydrogens is 342 g/mol. The molecule has 1 amide bonds. The molecule has 7 heteroatoms. The number of carbonyl (C=O) groups excluding carboxylic acids is 1. The van der Waals surface area contributed by atoms with Crippen molar-refractivity contribution < 1.29 is 9.53 Å². The number of nitrogens with zero attached hydrogens (tertiary/aromatic N) is 3. The molecule has 0 saturated heterocycles. The SMILES string of the molecule is COc1ccc(CCNC(=O)c2ccc(NCc3ccncc3)nn2)cc1. The number of nitrogens with one attached hydrogen (secondary N) is 2. The number of carbonyl (C=O) groups is 1. The molecule has 0 fully saturated rings. The highest BCUT2D eigenvalue weighted by Gasteiger charge is 2.08. The van der Waals surface area contributed by atoms with E-state index in [2.05, 4.69) is 25.8 Å². The Labute approximate surface area is 157 Å². The van der Waals surface area contributed by atoms with Gasteiger partial charge in [0.1, 0.15) is 11.6 Å². The molecule has 2 aromatic heterocycles. The minimum Gasteiger partial charge on any atom is -0.497 e. The Kier molecular flexibility index (Phi) is 6.30. The van der Waals surface area contributed by atoms with Crippen LogP contribution in [0.5, 0.6) is 5.75 Å². The largest absolute Gasteiger partial charge is 0.497 e. The summed E-state index contributed by atoms with van der Waals surface area (Å²) in [4.78, 5) is 16.1. The van der Waals surface area contributed by atoms with Gasteiger partial charge < -0.3 is 15.4 Å². The standard InChI is InChI=1S/C20H21N5O2/c1-27-17-4-2-15(3-5-17)10-13-22-20(26)18-6-7-19(25-24-18)23-14-16-8-11-21-12-9-16/h2-9,11-12H,10,13-14H2,1H3,(H,22,26)(H,23,25). The van der Waals surface area contributed by atoms with Gasteiger partial charge in [-0.25, -0.2) is 0 Å². The summed E-state index contributed by atoms with van der Waals surface area (Å²) in [5, 5.41) is 14.0. The Bertz CT molecular complexity index is 852. The quantitative estimate of drug-likeness (QED) is 0.639. The highest BCUT2D eigenvalue weighted by molar-refractivity contribution is 5.92. The van der Waals surface area contributed by atoms with Gasteiger partial charge in [0.15, 0.2) is 5.69 Å². The smallest absolute Gasteiger partial charge is 0.271 e. The number of anilines is 1. The molecule has 3 aromatic rings. The second-order valence-corrected chi connectivity index (χ2v) is 5.87. The number of amides is 1. The van der Waals surface area contributed by atoms with E-state index in [1.807, 2.05) is 36.4 Å². The summed E-state index contributed by atoms with van der Waals surface area (Å²) < 4.78 is 5.13. The Morgan fingerprint density at radius 2 is 1.74 bits per heavy atom. The van der Waals surface area contributed by atoms with Crippen molar-refractivity contribution in [3.8, 4) is 5.75 Å². The summed E-state index contributed by atoms with van der Waals surface area (Å²) in [5.74, 6) is 1.19. The second kappa shape index (κ2) is 9.28. The first-order valence-electron chi connectivity index (χ1n) is 8.62. The second-order valence-electron chi connectivity index (χ2n) is 5.87. The average Bonchev–Trinajstić information content (AvgIpc) is 2.74. The van der Waals surface area contributed by atoms with Crippen LogP contribution in [0.2, 0.25) is 0 Å². The van der Waals surface area contributed by atoms with Crippen LogP contribution in [0.4, 0.5) is 5.82 Å². The van der Waals surface area contributed by atoms with Gasteiger partial charge in [0, 0.05) is 25.5 Å². The lowest BCUT2D eigenvalue weighted by Crippen LogP contribution is -2.26. The van der Waals surface area contributed by atoms with E-state index in [4.69, 9.17) is 4.74 Å². The zero-order valence-electron chi connectivity index (χ0n) is 15.1. The number of benzene rings is 1. The molecule has 0 aliphatic carbocycles. The monoisotopic (exact) mass is 363 g/mol. The molecule has 0 aliphatic rings. The van der Waals surface area contributed by atoms with E-state index in [1.54, 1.807) is 31.6 Å². The zero-order valence-corrected chi connectivity index (χ0v) is 15.1. The van der Waals surface area contributed by atoms with E-state index in [-0.39, 0.29) is 5.91 Å². The van der Waals surface area contributed by atoms with Gasteiger partial charge in [-0.15, -0.1) is 10.2 Å². The molecule has 3 rings (SSSR count). The molecular formula is C20H21N5O2. The van der Waals surface area contributed by atoms with Crippen LogP contribution >= 0.6 is 0 Å². The van der Waals surface area contributed by atoms with Gasteiger partial charge >= 0.3 is 0 Å². The Balaban J connectivity index is 1.45. The third-order valence-electron chi connectivity index (χ3n) is 3.98. The van der Waals surface area contributed by atoms with Gasteiger partial charge in [0.25, 0.3) is 5.91 Å². The summed E-state index contributed by atoms with van der Waals surface area (Å²) in [7, 11) is 1.64. The number of hydrogen-bond acceptors (Lipinski definition) is 6. The average molecular weight is 363 g/mol. The molecule has 138 valence electrons. The Morgan fingerprint density at radius 1 is 0.963 bits per heavy atom. The van der Waals surface area contributed by atoms with Crippen molar-refractivity contribution in [1.82, 2.24) is 20.5 Å². The number of hydrogen-bond donors (Lipinski definition) is 2. The fourth-order valence-corrected chi connectivity index (χ4v) is 2.44. The molecule has 2 heterocycles. The van der Waals surface area contributed by atoms with Crippen molar-refractivity contribution in [3.63, 3.8) is 0 Å². The van der Waals surface area contributed by atoms with Crippen LogP contribution in [0.25, 0.3) is 0 Å². The van der Waals surface area contributed by atoms with Gasteiger partial charge in [-0.2, -0.15) is 0 Å². The number of ether oxygens (including phenoxy) is 1. The fraction of sp³-hybridized carbons (Fsp3) is 0.200. The Morgan fingerprint density at radius 3 is 2.41 bits per heavy atom. The Hall–Kier alpha value is -3.48. The predicted octanol–water partition coefficient (Wildman–Crippen LogP) is 2.46. The molecule has 0 aliphatic heterocycles. The van der Waals surface area contributed by atoms with Crippen LogP contribution in [-0.2, 0) is 13.0 Å². The molecule has 0 radical (unpaired) electrons. The zero-order chi connectivity index (χ0) is 18.9. The van der Waals surface area contributed by atoms with E-state index in [0.29, 0.717) is 24.6 Å². The predicted molar refractivity (Wildman–Crippen MR) is 103 cm³/mol. The lowest BCUT2D eigenvalue weighted by molar-refractivity contribution is 0.0948. The molecule has 0 unspecified atom stereocenters. The van der Waals surface area contributed by atoms with Gasteiger partial charge in [-0.1, -0.05) is 12.1 Å². The summed E-state index contributed by atoms with van der Waals surface area (Å²) >= 11 is 0. The van der Waals surface area contributed by atoms with Crippen molar-refractivity contribution in [2.24, 2.45) is 0 Å². The molecule has 0 saturated carbocycles. The first-order valence-corrected chi connectivity index (χ1v) is 8.62. The number of methoxy groups -OCH3 is 1. The van der Waals surface area contributed by atoms with E-state index in [1.165, 1.54) is 0 Å². The van der Waals surface area contributed by atoms with Crippen LogP contribution in [0.1, 0.15) is 21.6 Å². The maximum absolute atomic E-state index is 12.2. The first kappa shape index (κ1) is 18.3. The van der Waals surface area contributed by atoms with Gasteiger partial charge in [0.05, 0.1) is 7.11 Å². The normalized spacial score (nSPS) is 10.3. The van der Waals surface area contributed by atoms with Crippen molar-refractivity contribution in [1.29, 1.82) is 0 Å². The fourth-order valence-electron chi connectivity index (χ4n) is 2.44. The van der Waals surface area contributed by atoms with Crippen LogP contribution in [0.15, 0.2) is 60.9 Å². The van der Waals surface area contributed by atoms with E-state index < -0.39 is 0 Å². The third-order valence-corrected chi connectivity index (χ3v) is 3.98. The minimum atomic E-state index is -0.239.